The molecule has 2 nitrogen and oxygen atoms in total. The standard InChI is InChI=1S/C17H32N2S/c1-2-20-16-9-6-8-15(16)19-13-7-12-18-17(14-19)10-4-3-5-11-17/h15-16,18H,2-14H2,1H3. The van der Waals surface area contributed by atoms with Crippen LogP contribution in [-0.2, 0) is 0 Å². The maximum absolute atomic E-state index is 3.95. The summed E-state index contributed by atoms with van der Waals surface area (Å²) in [4.78, 5) is 2.89. The van der Waals surface area contributed by atoms with Crippen LogP contribution in [0.1, 0.15) is 64.7 Å². The third-order valence-corrected chi connectivity index (χ3v) is 7.02. The van der Waals surface area contributed by atoms with Crippen LogP contribution in [0.5, 0.6) is 0 Å². The Kier molecular flexibility index (Phi) is 5.33. The normalized spacial score (nSPS) is 35.2. The van der Waals surface area contributed by atoms with E-state index in [0.29, 0.717) is 5.54 Å². The third kappa shape index (κ3) is 3.36. The monoisotopic (exact) mass is 296 g/mol. The van der Waals surface area contributed by atoms with E-state index in [2.05, 4.69) is 28.9 Å². The lowest BCUT2D eigenvalue weighted by Crippen LogP contribution is -2.55. The zero-order chi connectivity index (χ0) is 13.8. The molecule has 20 heavy (non-hydrogen) atoms. The minimum Gasteiger partial charge on any atom is -0.310 e. The van der Waals surface area contributed by atoms with Gasteiger partial charge in [0, 0.05) is 23.4 Å². The van der Waals surface area contributed by atoms with Gasteiger partial charge in [0.25, 0.3) is 0 Å². The Morgan fingerprint density at radius 1 is 1.10 bits per heavy atom. The van der Waals surface area contributed by atoms with Gasteiger partial charge in [0.15, 0.2) is 0 Å². The van der Waals surface area contributed by atoms with Gasteiger partial charge in [0.1, 0.15) is 0 Å². The zero-order valence-electron chi connectivity index (χ0n) is 13.2. The molecule has 0 amide bonds. The molecule has 0 bridgehead atoms. The first-order chi connectivity index (χ1) is 9.83. The summed E-state index contributed by atoms with van der Waals surface area (Å²) in [5.41, 5.74) is 0.471. The molecule has 3 heteroatoms. The Morgan fingerprint density at radius 2 is 1.95 bits per heavy atom. The molecule has 1 spiro atoms. The van der Waals surface area contributed by atoms with Gasteiger partial charge in [-0.3, -0.25) is 4.90 Å². The van der Waals surface area contributed by atoms with Crippen molar-refractivity contribution in [1.82, 2.24) is 10.2 Å². The Morgan fingerprint density at radius 3 is 2.75 bits per heavy atom. The van der Waals surface area contributed by atoms with Crippen LogP contribution in [0, 0.1) is 0 Å². The summed E-state index contributed by atoms with van der Waals surface area (Å²) in [5, 5.41) is 4.86. The van der Waals surface area contributed by atoms with Crippen molar-refractivity contribution in [1.29, 1.82) is 0 Å². The molecular weight excluding hydrogens is 264 g/mol. The summed E-state index contributed by atoms with van der Waals surface area (Å²) in [6.45, 7) is 6.24. The van der Waals surface area contributed by atoms with E-state index in [1.165, 1.54) is 83.2 Å². The molecule has 2 unspecified atom stereocenters. The fraction of sp³-hybridized carbons (Fsp3) is 1.00. The van der Waals surface area contributed by atoms with Gasteiger partial charge in [0.2, 0.25) is 0 Å². The van der Waals surface area contributed by atoms with E-state index < -0.39 is 0 Å². The lowest BCUT2D eigenvalue weighted by molar-refractivity contribution is 0.131. The van der Waals surface area contributed by atoms with Gasteiger partial charge in [-0.1, -0.05) is 32.6 Å². The molecule has 0 aromatic carbocycles. The van der Waals surface area contributed by atoms with Crippen LogP contribution in [-0.4, -0.2) is 47.1 Å². The molecule has 0 aromatic rings. The number of rotatable bonds is 3. The Bertz CT molecular complexity index is 301. The highest BCUT2D eigenvalue weighted by Gasteiger charge is 2.39. The zero-order valence-corrected chi connectivity index (χ0v) is 14.0. The second-order valence-electron chi connectivity index (χ2n) is 7.08. The van der Waals surface area contributed by atoms with Gasteiger partial charge in [-0.25, -0.2) is 0 Å². The highest BCUT2D eigenvalue weighted by atomic mass is 32.2. The largest absolute Gasteiger partial charge is 0.310 e. The van der Waals surface area contributed by atoms with Crippen molar-refractivity contribution in [2.45, 2.75) is 81.5 Å². The molecule has 116 valence electrons. The second kappa shape index (κ2) is 7.02. The number of hydrogen-bond donors (Lipinski definition) is 1. The molecule has 1 heterocycles. The maximum Gasteiger partial charge on any atom is 0.0308 e. The number of nitrogens with zero attached hydrogens (tertiary/aromatic N) is 1. The summed E-state index contributed by atoms with van der Waals surface area (Å²) < 4.78 is 0. The van der Waals surface area contributed by atoms with Crippen molar-refractivity contribution in [2.24, 2.45) is 0 Å². The van der Waals surface area contributed by atoms with Crippen LogP contribution >= 0.6 is 11.8 Å². The molecule has 1 N–H and O–H groups in total. The predicted molar refractivity (Wildman–Crippen MR) is 89.6 cm³/mol. The smallest absolute Gasteiger partial charge is 0.0308 e. The molecule has 2 saturated carbocycles. The fourth-order valence-corrected chi connectivity index (χ4v) is 6.03. The molecular formula is C17H32N2S. The number of nitrogens with one attached hydrogen (secondary N) is 1. The van der Waals surface area contributed by atoms with Crippen LogP contribution in [0.25, 0.3) is 0 Å². The van der Waals surface area contributed by atoms with Crippen LogP contribution in [0.4, 0.5) is 0 Å². The molecule has 3 fully saturated rings. The lowest BCUT2D eigenvalue weighted by Gasteiger charge is -2.42. The predicted octanol–water partition coefficient (Wildman–Crippen LogP) is 3.66. The van der Waals surface area contributed by atoms with Gasteiger partial charge in [-0.15, -0.1) is 0 Å². The summed E-state index contributed by atoms with van der Waals surface area (Å²) in [7, 11) is 0. The second-order valence-corrected chi connectivity index (χ2v) is 8.60. The van der Waals surface area contributed by atoms with E-state index in [4.69, 9.17) is 0 Å². The van der Waals surface area contributed by atoms with Gasteiger partial charge in [-0.2, -0.15) is 11.8 Å². The lowest BCUT2D eigenvalue weighted by atomic mass is 9.81. The first-order valence-electron chi connectivity index (χ1n) is 8.94. The molecule has 0 aromatic heterocycles. The Labute approximate surface area is 129 Å². The first kappa shape index (κ1) is 15.2. The molecule has 0 radical (unpaired) electrons. The molecule has 1 aliphatic heterocycles. The Balaban J connectivity index is 1.68. The van der Waals surface area contributed by atoms with E-state index in [-0.39, 0.29) is 0 Å². The molecule has 3 rings (SSSR count). The highest BCUT2D eigenvalue weighted by Crippen LogP contribution is 2.37. The quantitative estimate of drug-likeness (QED) is 0.855. The van der Waals surface area contributed by atoms with Crippen LogP contribution in [0.3, 0.4) is 0 Å². The van der Waals surface area contributed by atoms with Crippen molar-refractivity contribution >= 4 is 11.8 Å². The molecule has 3 aliphatic rings. The number of thioether (sulfide) groups is 1. The minimum atomic E-state index is 0.471. The fourth-order valence-electron chi connectivity index (χ4n) is 4.74. The Hall–Kier alpha value is 0.270. The number of hydrogen-bond acceptors (Lipinski definition) is 3. The van der Waals surface area contributed by atoms with Crippen LogP contribution < -0.4 is 5.32 Å². The average molecular weight is 297 g/mol. The van der Waals surface area contributed by atoms with Gasteiger partial charge < -0.3 is 5.32 Å². The summed E-state index contributed by atoms with van der Waals surface area (Å²) >= 11 is 2.22. The van der Waals surface area contributed by atoms with Crippen molar-refractivity contribution in [3.05, 3.63) is 0 Å². The molecule has 2 atom stereocenters. The van der Waals surface area contributed by atoms with E-state index in [9.17, 15) is 0 Å². The van der Waals surface area contributed by atoms with Crippen molar-refractivity contribution in [2.75, 3.05) is 25.4 Å². The van der Waals surface area contributed by atoms with E-state index in [1.807, 2.05) is 0 Å². The van der Waals surface area contributed by atoms with Crippen molar-refractivity contribution in [3.63, 3.8) is 0 Å². The van der Waals surface area contributed by atoms with Crippen LogP contribution in [0.15, 0.2) is 0 Å². The van der Waals surface area contributed by atoms with Gasteiger partial charge in [-0.05, 0) is 50.9 Å². The molecule has 1 saturated heterocycles. The van der Waals surface area contributed by atoms with E-state index in [0.717, 1.165) is 11.3 Å². The third-order valence-electron chi connectivity index (χ3n) is 5.71. The molecule has 2 aliphatic carbocycles. The SMILES string of the molecule is CCSC1CCCC1N1CCCNC2(CCCCC2)C1. The van der Waals surface area contributed by atoms with Crippen LogP contribution in [0.2, 0.25) is 0 Å². The van der Waals surface area contributed by atoms with Gasteiger partial charge in [0.05, 0.1) is 0 Å². The first-order valence-corrected chi connectivity index (χ1v) is 9.98. The minimum absolute atomic E-state index is 0.471. The maximum atomic E-state index is 3.95. The van der Waals surface area contributed by atoms with Crippen molar-refractivity contribution < 1.29 is 0 Å². The van der Waals surface area contributed by atoms with E-state index >= 15 is 0 Å². The summed E-state index contributed by atoms with van der Waals surface area (Å²) in [5.74, 6) is 1.29. The highest BCUT2D eigenvalue weighted by molar-refractivity contribution is 7.99. The summed E-state index contributed by atoms with van der Waals surface area (Å²) in [6.07, 6.45) is 12.9. The van der Waals surface area contributed by atoms with E-state index in [1.54, 1.807) is 0 Å². The van der Waals surface area contributed by atoms with Gasteiger partial charge >= 0.3 is 0 Å². The summed E-state index contributed by atoms with van der Waals surface area (Å²) in [6, 6.07) is 0.874. The van der Waals surface area contributed by atoms with Crippen molar-refractivity contribution in [3.8, 4) is 0 Å². The topological polar surface area (TPSA) is 15.3 Å². The average Bonchev–Trinajstić information content (AvgIpc) is 2.83.